The summed E-state index contributed by atoms with van der Waals surface area (Å²) in [5.74, 6) is 1.17. The normalized spacial score (nSPS) is 15.1. The van der Waals surface area contributed by atoms with Crippen LogP contribution in [0.2, 0.25) is 0 Å². The number of rotatable bonds is 5. The highest BCUT2D eigenvalue weighted by Crippen LogP contribution is 2.24. The van der Waals surface area contributed by atoms with Crippen LogP contribution in [0.3, 0.4) is 0 Å². The van der Waals surface area contributed by atoms with E-state index in [9.17, 15) is 4.79 Å². The molecule has 12 heteroatoms. The summed E-state index contributed by atoms with van der Waals surface area (Å²) in [5.41, 5.74) is 2.20. The number of likely N-dealkylation sites (tertiary alicyclic amines) is 1. The number of amides is 2. The third-order valence-corrected chi connectivity index (χ3v) is 6.09. The monoisotopic (exact) mass is 472 g/mol. The summed E-state index contributed by atoms with van der Waals surface area (Å²) in [4.78, 5) is 28.6. The van der Waals surface area contributed by atoms with Gasteiger partial charge in [-0.2, -0.15) is 14.6 Å². The second-order valence-electron chi connectivity index (χ2n) is 8.63. The summed E-state index contributed by atoms with van der Waals surface area (Å²) in [6.07, 6.45) is 8.79. The van der Waals surface area contributed by atoms with Gasteiger partial charge in [-0.15, -0.1) is 5.10 Å². The lowest BCUT2D eigenvalue weighted by Gasteiger charge is -2.32. The molecule has 6 heterocycles. The van der Waals surface area contributed by atoms with Gasteiger partial charge in [0.1, 0.15) is 0 Å². The molecule has 0 aromatic carbocycles. The van der Waals surface area contributed by atoms with Crippen LogP contribution in [0.25, 0.3) is 28.3 Å². The fourth-order valence-corrected chi connectivity index (χ4v) is 4.40. The van der Waals surface area contributed by atoms with Crippen molar-refractivity contribution >= 4 is 28.7 Å². The Balaban J connectivity index is 1.17. The van der Waals surface area contributed by atoms with Crippen LogP contribution < -0.4 is 10.6 Å². The van der Waals surface area contributed by atoms with E-state index < -0.39 is 0 Å². The smallest absolute Gasteiger partial charge is 0.321 e. The van der Waals surface area contributed by atoms with Crippen molar-refractivity contribution in [2.45, 2.75) is 25.4 Å². The molecule has 0 spiro atoms. The SMILES string of the molecule is Cn1cc2c(nc(NC(=O)NC3CCN(Cc4cccnc4)CC3)n3nc(-c4ccco4)nc23)n1. The van der Waals surface area contributed by atoms with Gasteiger partial charge in [0, 0.05) is 51.3 Å². The van der Waals surface area contributed by atoms with Gasteiger partial charge in [-0.25, -0.2) is 9.78 Å². The molecule has 2 N–H and O–H groups in total. The lowest BCUT2D eigenvalue weighted by atomic mass is 10.0. The lowest BCUT2D eigenvalue weighted by molar-refractivity contribution is 0.189. The Morgan fingerprint density at radius 2 is 2.06 bits per heavy atom. The molecule has 178 valence electrons. The Morgan fingerprint density at radius 1 is 1.17 bits per heavy atom. The molecule has 6 rings (SSSR count). The molecule has 35 heavy (non-hydrogen) atoms. The number of hydrogen-bond donors (Lipinski definition) is 2. The zero-order valence-electron chi connectivity index (χ0n) is 19.1. The van der Waals surface area contributed by atoms with Gasteiger partial charge >= 0.3 is 6.03 Å². The van der Waals surface area contributed by atoms with E-state index in [2.05, 4.69) is 46.7 Å². The van der Waals surface area contributed by atoms with E-state index in [0.29, 0.717) is 22.9 Å². The number of hydrogen-bond acceptors (Lipinski definition) is 8. The first-order valence-corrected chi connectivity index (χ1v) is 11.5. The molecule has 2 amide bonds. The van der Waals surface area contributed by atoms with Crippen molar-refractivity contribution in [2.24, 2.45) is 7.05 Å². The van der Waals surface area contributed by atoms with E-state index in [1.165, 1.54) is 10.1 Å². The van der Waals surface area contributed by atoms with Crippen molar-refractivity contribution in [3.8, 4) is 11.6 Å². The maximum atomic E-state index is 12.9. The van der Waals surface area contributed by atoms with Gasteiger partial charge in [0.05, 0.1) is 11.6 Å². The first-order chi connectivity index (χ1) is 17.1. The Labute approximate surface area is 200 Å². The highest BCUT2D eigenvalue weighted by molar-refractivity contribution is 5.93. The maximum Gasteiger partial charge on any atom is 0.321 e. The van der Waals surface area contributed by atoms with E-state index in [1.54, 1.807) is 29.3 Å². The number of nitrogens with one attached hydrogen (secondary N) is 2. The predicted octanol–water partition coefficient (Wildman–Crippen LogP) is 2.45. The Morgan fingerprint density at radius 3 is 2.83 bits per heavy atom. The average molecular weight is 473 g/mol. The molecule has 1 fully saturated rings. The zero-order chi connectivity index (χ0) is 23.8. The third-order valence-electron chi connectivity index (χ3n) is 6.09. The van der Waals surface area contributed by atoms with Crippen molar-refractivity contribution in [1.29, 1.82) is 0 Å². The maximum absolute atomic E-state index is 12.9. The summed E-state index contributed by atoms with van der Waals surface area (Å²) >= 11 is 0. The zero-order valence-corrected chi connectivity index (χ0v) is 19.1. The molecule has 1 aliphatic rings. The molecule has 0 bridgehead atoms. The summed E-state index contributed by atoms with van der Waals surface area (Å²) in [5, 5.41) is 15.5. The number of aryl methyl sites for hydroxylation is 1. The van der Waals surface area contributed by atoms with Crippen LogP contribution in [-0.2, 0) is 13.6 Å². The Hall–Kier alpha value is -4.32. The highest BCUT2D eigenvalue weighted by Gasteiger charge is 2.23. The van der Waals surface area contributed by atoms with Crippen LogP contribution >= 0.6 is 0 Å². The molecule has 0 radical (unpaired) electrons. The van der Waals surface area contributed by atoms with E-state index >= 15 is 0 Å². The van der Waals surface area contributed by atoms with Gasteiger partial charge in [-0.05, 0) is 36.6 Å². The minimum absolute atomic E-state index is 0.0728. The minimum Gasteiger partial charge on any atom is -0.461 e. The van der Waals surface area contributed by atoms with Crippen molar-refractivity contribution in [3.05, 3.63) is 54.7 Å². The number of fused-ring (bicyclic) bond motifs is 3. The second-order valence-corrected chi connectivity index (χ2v) is 8.63. The van der Waals surface area contributed by atoms with Gasteiger partial charge in [-0.1, -0.05) is 6.07 Å². The molecule has 5 aromatic rings. The number of aromatic nitrogens is 7. The number of carbonyl (C=O) groups excluding carboxylic acids is 1. The lowest BCUT2D eigenvalue weighted by Crippen LogP contribution is -2.45. The number of furan rings is 1. The summed E-state index contributed by atoms with van der Waals surface area (Å²) < 4.78 is 8.61. The highest BCUT2D eigenvalue weighted by atomic mass is 16.3. The standard InChI is InChI=1S/C23H24N10O2/c1-31-14-17-19(29-31)27-22(33-21(17)26-20(30-33)18-5-3-11-35-18)28-23(34)25-16-6-9-32(10-7-16)13-15-4-2-8-24-12-15/h2-5,8,11-12,14,16H,6-7,9-10,13H2,1H3,(H2,25,27,28,29,34). The van der Waals surface area contributed by atoms with Crippen LogP contribution in [0.5, 0.6) is 0 Å². The summed E-state index contributed by atoms with van der Waals surface area (Å²) in [6, 6.07) is 7.32. The average Bonchev–Trinajstić information content (AvgIpc) is 3.60. The van der Waals surface area contributed by atoms with E-state index in [4.69, 9.17) is 4.42 Å². The second kappa shape index (κ2) is 8.80. The van der Waals surface area contributed by atoms with Crippen molar-refractivity contribution in [2.75, 3.05) is 18.4 Å². The molecular formula is C23H24N10O2. The van der Waals surface area contributed by atoms with Crippen molar-refractivity contribution in [1.82, 2.24) is 44.6 Å². The molecule has 0 atom stereocenters. The number of pyridine rings is 1. The van der Waals surface area contributed by atoms with Crippen LogP contribution in [0.15, 0.2) is 53.5 Å². The predicted molar refractivity (Wildman–Crippen MR) is 127 cm³/mol. The summed E-state index contributed by atoms with van der Waals surface area (Å²) in [6.45, 7) is 2.67. The van der Waals surface area contributed by atoms with Gasteiger partial charge in [0.2, 0.25) is 11.8 Å². The molecule has 0 unspecified atom stereocenters. The topological polar surface area (TPSA) is 131 Å². The molecule has 5 aromatic heterocycles. The van der Waals surface area contributed by atoms with Crippen LogP contribution in [0.1, 0.15) is 18.4 Å². The quantitative estimate of drug-likeness (QED) is 0.399. The van der Waals surface area contributed by atoms with Crippen LogP contribution in [0.4, 0.5) is 10.7 Å². The van der Waals surface area contributed by atoms with Crippen molar-refractivity contribution < 1.29 is 9.21 Å². The molecular weight excluding hydrogens is 448 g/mol. The largest absolute Gasteiger partial charge is 0.461 e. The molecule has 12 nitrogen and oxygen atoms in total. The van der Waals surface area contributed by atoms with Crippen LogP contribution in [-0.4, -0.2) is 64.4 Å². The number of urea groups is 1. The molecule has 1 saturated heterocycles. The molecule has 1 aliphatic heterocycles. The Bertz CT molecular complexity index is 1470. The van der Waals surface area contributed by atoms with Crippen molar-refractivity contribution in [3.63, 3.8) is 0 Å². The van der Waals surface area contributed by atoms with E-state index in [1.807, 2.05) is 25.5 Å². The number of anilines is 1. The number of nitrogens with zero attached hydrogens (tertiary/aromatic N) is 8. The van der Waals surface area contributed by atoms with E-state index in [0.717, 1.165) is 37.9 Å². The van der Waals surface area contributed by atoms with Gasteiger partial charge in [-0.3, -0.25) is 19.9 Å². The van der Waals surface area contributed by atoms with Crippen LogP contribution in [0, 0.1) is 0 Å². The first-order valence-electron chi connectivity index (χ1n) is 11.5. The summed E-state index contributed by atoms with van der Waals surface area (Å²) in [7, 11) is 1.81. The minimum atomic E-state index is -0.338. The van der Waals surface area contributed by atoms with Gasteiger partial charge in [0.15, 0.2) is 17.1 Å². The Kier molecular flexibility index (Phi) is 5.34. The molecule has 0 saturated carbocycles. The fraction of sp³-hybridized carbons (Fsp3) is 0.304. The number of piperidine rings is 1. The number of carbonyl (C=O) groups is 1. The third kappa shape index (κ3) is 4.30. The fourth-order valence-electron chi connectivity index (χ4n) is 4.40. The van der Waals surface area contributed by atoms with Gasteiger partial charge in [0.25, 0.3) is 0 Å². The first kappa shape index (κ1) is 21.2. The van der Waals surface area contributed by atoms with E-state index in [-0.39, 0.29) is 18.0 Å². The molecule has 0 aliphatic carbocycles. The van der Waals surface area contributed by atoms with Gasteiger partial charge < -0.3 is 9.73 Å².